The van der Waals surface area contributed by atoms with E-state index in [0.717, 1.165) is 16.7 Å². The van der Waals surface area contributed by atoms with Gasteiger partial charge in [0.1, 0.15) is 10.4 Å². The number of hydrogen-bond donors (Lipinski definition) is 1. The topological polar surface area (TPSA) is 43.8 Å². The van der Waals surface area contributed by atoms with Crippen molar-refractivity contribution in [1.82, 2.24) is 9.55 Å². The summed E-state index contributed by atoms with van der Waals surface area (Å²) < 4.78 is 3.36. The van der Waals surface area contributed by atoms with Crippen LogP contribution in [0.2, 0.25) is 0 Å². The van der Waals surface area contributed by atoms with Gasteiger partial charge < -0.3 is 10.3 Å². The molecule has 4 heteroatoms. The molecule has 1 aromatic heterocycles. The maximum absolute atomic E-state index is 5.73. The summed E-state index contributed by atoms with van der Waals surface area (Å²) in [4.78, 5) is 4.51. The van der Waals surface area contributed by atoms with Crippen molar-refractivity contribution in [3.05, 3.63) is 16.1 Å². The number of nitrogens with two attached hydrogens (primary N) is 1. The molecule has 1 aliphatic heterocycles. The molecule has 0 aliphatic carbocycles. The third-order valence-electron chi connectivity index (χ3n) is 2.66. The lowest BCUT2D eigenvalue weighted by molar-refractivity contribution is 0.399. The van der Waals surface area contributed by atoms with Crippen LogP contribution >= 0.6 is 15.9 Å². The van der Waals surface area contributed by atoms with Gasteiger partial charge in [0.15, 0.2) is 0 Å². The molecule has 72 valence electrons. The Morgan fingerprint density at radius 2 is 2.46 bits per heavy atom. The molecule has 3 nitrogen and oxygen atoms in total. The zero-order valence-electron chi connectivity index (χ0n) is 7.76. The number of aromatic nitrogens is 2. The van der Waals surface area contributed by atoms with Gasteiger partial charge in [0.2, 0.25) is 0 Å². The van der Waals surface area contributed by atoms with E-state index in [1.54, 1.807) is 0 Å². The second-order valence-corrected chi connectivity index (χ2v) is 4.31. The van der Waals surface area contributed by atoms with Crippen LogP contribution in [0.15, 0.2) is 4.60 Å². The van der Waals surface area contributed by atoms with Crippen LogP contribution in [0.25, 0.3) is 0 Å². The van der Waals surface area contributed by atoms with Crippen LogP contribution < -0.4 is 5.73 Å². The molecule has 2 N–H and O–H groups in total. The molecule has 0 saturated carbocycles. The second kappa shape index (κ2) is 3.42. The minimum Gasteiger partial charge on any atom is -0.328 e. The molecular formula is C9H14BrN3. The lowest BCUT2D eigenvalue weighted by Crippen LogP contribution is -2.25. The predicted octanol–water partition coefficient (Wildman–Crippen LogP) is 1.79. The Morgan fingerprint density at radius 3 is 3.15 bits per heavy atom. The lowest BCUT2D eigenvalue weighted by Gasteiger charge is -2.24. The molecule has 0 radical (unpaired) electrons. The molecule has 0 amide bonds. The average Bonchev–Trinajstić information content (AvgIpc) is 2.43. The Labute approximate surface area is 86.5 Å². The van der Waals surface area contributed by atoms with Crippen molar-refractivity contribution in [1.29, 1.82) is 0 Å². The Hall–Kier alpha value is -0.350. The average molecular weight is 244 g/mol. The highest BCUT2D eigenvalue weighted by Crippen LogP contribution is 2.30. The van der Waals surface area contributed by atoms with E-state index < -0.39 is 0 Å². The van der Waals surface area contributed by atoms with E-state index in [-0.39, 0.29) is 0 Å². The highest BCUT2D eigenvalue weighted by molar-refractivity contribution is 9.10. The van der Waals surface area contributed by atoms with Crippen molar-refractivity contribution in [2.24, 2.45) is 5.73 Å². The summed E-state index contributed by atoms with van der Waals surface area (Å²) >= 11 is 3.56. The molecule has 0 fully saturated rings. The zero-order valence-corrected chi connectivity index (χ0v) is 9.34. The fraction of sp³-hybridized carbons (Fsp3) is 0.667. The van der Waals surface area contributed by atoms with Gasteiger partial charge in [-0.2, -0.15) is 0 Å². The molecule has 13 heavy (non-hydrogen) atoms. The number of hydrogen-bond acceptors (Lipinski definition) is 2. The van der Waals surface area contributed by atoms with Crippen molar-refractivity contribution < 1.29 is 0 Å². The van der Waals surface area contributed by atoms with Gasteiger partial charge in [-0.15, -0.1) is 0 Å². The van der Waals surface area contributed by atoms with E-state index in [1.807, 2.05) is 6.92 Å². The second-order valence-electron chi connectivity index (χ2n) is 3.56. The van der Waals surface area contributed by atoms with Gasteiger partial charge in [0.25, 0.3) is 0 Å². The van der Waals surface area contributed by atoms with Crippen LogP contribution in [-0.4, -0.2) is 16.1 Å². The van der Waals surface area contributed by atoms with Crippen molar-refractivity contribution in [2.45, 2.75) is 32.2 Å². The minimum absolute atomic E-state index is 0.444. The van der Waals surface area contributed by atoms with Crippen molar-refractivity contribution in [3.63, 3.8) is 0 Å². The number of halogens is 1. The number of imidazole rings is 1. The van der Waals surface area contributed by atoms with Crippen LogP contribution in [0.1, 0.15) is 30.4 Å². The predicted molar refractivity (Wildman–Crippen MR) is 55.7 cm³/mol. The molecule has 1 aliphatic rings. The maximum atomic E-state index is 5.73. The number of nitrogens with zero attached hydrogens (tertiary/aromatic N) is 2. The van der Waals surface area contributed by atoms with Gasteiger partial charge in [0, 0.05) is 19.0 Å². The van der Waals surface area contributed by atoms with Crippen LogP contribution in [0, 0.1) is 6.92 Å². The molecule has 0 bridgehead atoms. The summed E-state index contributed by atoms with van der Waals surface area (Å²) in [6.07, 6.45) is 3.48. The summed E-state index contributed by atoms with van der Waals surface area (Å²) in [7, 11) is 0. The molecule has 0 spiro atoms. The number of aryl methyl sites for hydroxylation is 2. The van der Waals surface area contributed by atoms with Crippen LogP contribution in [0.4, 0.5) is 0 Å². The van der Waals surface area contributed by atoms with E-state index in [9.17, 15) is 0 Å². The molecular weight excluding hydrogens is 230 g/mol. The van der Waals surface area contributed by atoms with Crippen LogP contribution in [-0.2, 0) is 6.42 Å². The Bertz CT molecular complexity index is 319. The standard InChI is InChI=1S/C9H14BrN3/c1-6-9(10)13-7(5-11)3-2-4-8(13)12-6/h7H,2-5,11H2,1H3. The fourth-order valence-electron chi connectivity index (χ4n) is 1.98. The zero-order chi connectivity index (χ0) is 9.42. The molecule has 2 heterocycles. The maximum Gasteiger partial charge on any atom is 0.110 e. The van der Waals surface area contributed by atoms with Gasteiger partial charge in [0.05, 0.1) is 5.69 Å². The first-order valence-electron chi connectivity index (χ1n) is 4.67. The number of fused-ring (bicyclic) bond motifs is 1. The Morgan fingerprint density at radius 1 is 1.69 bits per heavy atom. The first-order valence-corrected chi connectivity index (χ1v) is 5.46. The molecule has 1 atom stereocenters. The summed E-state index contributed by atoms with van der Waals surface area (Å²) in [5, 5.41) is 0. The Balaban J connectivity index is 2.47. The Kier molecular flexibility index (Phi) is 2.43. The SMILES string of the molecule is Cc1nc2n(c1Br)C(CN)CCC2. The van der Waals surface area contributed by atoms with Crippen molar-refractivity contribution in [3.8, 4) is 0 Å². The summed E-state index contributed by atoms with van der Waals surface area (Å²) in [6.45, 7) is 2.74. The largest absolute Gasteiger partial charge is 0.328 e. The van der Waals surface area contributed by atoms with Crippen molar-refractivity contribution in [2.75, 3.05) is 6.54 Å². The molecule has 1 unspecified atom stereocenters. The van der Waals surface area contributed by atoms with Gasteiger partial charge in [-0.25, -0.2) is 4.98 Å². The number of rotatable bonds is 1. The monoisotopic (exact) mass is 243 g/mol. The van der Waals surface area contributed by atoms with Gasteiger partial charge >= 0.3 is 0 Å². The van der Waals surface area contributed by atoms with E-state index in [4.69, 9.17) is 5.73 Å². The summed E-state index contributed by atoms with van der Waals surface area (Å²) in [5.74, 6) is 1.19. The lowest BCUT2D eigenvalue weighted by atomic mass is 10.1. The third kappa shape index (κ3) is 1.42. The highest BCUT2D eigenvalue weighted by atomic mass is 79.9. The third-order valence-corrected chi connectivity index (χ3v) is 3.62. The molecule has 0 saturated heterocycles. The van der Waals surface area contributed by atoms with E-state index >= 15 is 0 Å². The van der Waals surface area contributed by atoms with E-state index in [2.05, 4.69) is 25.5 Å². The first kappa shape index (κ1) is 9.21. The van der Waals surface area contributed by atoms with Gasteiger partial charge in [-0.1, -0.05) is 0 Å². The normalized spacial score (nSPS) is 21.6. The van der Waals surface area contributed by atoms with Gasteiger partial charge in [-0.05, 0) is 35.7 Å². The molecule has 0 aromatic carbocycles. The summed E-state index contributed by atoms with van der Waals surface area (Å²) in [5.41, 5.74) is 6.81. The van der Waals surface area contributed by atoms with Crippen molar-refractivity contribution >= 4 is 15.9 Å². The van der Waals surface area contributed by atoms with Crippen LogP contribution in [0.3, 0.4) is 0 Å². The van der Waals surface area contributed by atoms with E-state index in [1.165, 1.54) is 18.7 Å². The van der Waals surface area contributed by atoms with Crippen LogP contribution in [0.5, 0.6) is 0 Å². The fourth-order valence-corrected chi connectivity index (χ4v) is 2.56. The minimum atomic E-state index is 0.444. The van der Waals surface area contributed by atoms with E-state index in [0.29, 0.717) is 12.6 Å². The molecule has 2 rings (SSSR count). The highest BCUT2D eigenvalue weighted by Gasteiger charge is 2.22. The van der Waals surface area contributed by atoms with Gasteiger partial charge in [-0.3, -0.25) is 0 Å². The smallest absolute Gasteiger partial charge is 0.110 e. The quantitative estimate of drug-likeness (QED) is 0.818. The molecule has 1 aromatic rings. The summed E-state index contributed by atoms with van der Waals surface area (Å²) in [6, 6.07) is 0.444. The first-order chi connectivity index (χ1) is 6.24.